The van der Waals surface area contributed by atoms with Gasteiger partial charge in [-0.2, -0.15) is 0 Å². The van der Waals surface area contributed by atoms with E-state index in [0.717, 1.165) is 4.90 Å². The molecule has 136 valence electrons. The number of carbonyl (C=O) groups is 1. The molecule has 4 atom stereocenters. The predicted octanol–water partition coefficient (Wildman–Crippen LogP) is 3.52. The SMILES string of the molecule is CC(C)CC(=O)OC[C@H]1O[C@H](Sc2ccccc2)C[C@@H](N=[N+]=[N-])[C@H]1O. The van der Waals surface area contributed by atoms with Gasteiger partial charge in [-0.25, -0.2) is 0 Å². The van der Waals surface area contributed by atoms with E-state index in [1.165, 1.54) is 11.8 Å². The highest BCUT2D eigenvalue weighted by Crippen LogP contribution is 2.34. The second-order valence-electron chi connectivity index (χ2n) is 6.31. The van der Waals surface area contributed by atoms with Crippen molar-refractivity contribution in [1.29, 1.82) is 0 Å². The summed E-state index contributed by atoms with van der Waals surface area (Å²) in [6, 6.07) is 9.08. The minimum absolute atomic E-state index is 0.0595. The molecule has 1 fully saturated rings. The van der Waals surface area contributed by atoms with Gasteiger partial charge in [-0.3, -0.25) is 4.79 Å². The molecule has 0 amide bonds. The van der Waals surface area contributed by atoms with Crippen LogP contribution in [0.1, 0.15) is 26.7 Å². The van der Waals surface area contributed by atoms with E-state index in [-0.39, 0.29) is 23.9 Å². The van der Waals surface area contributed by atoms with Crippen LogP contribution < -0.4 is 0 Å². The summed E-state index contributed by atoms with van der Waals surface area (Å²) in [7, 11) is 0. The maximum absolute atomic E-state index is 11.7. The summed E-state index contributed by atoms with van der Waals surface area (Å²) in [6.45, 7) is 3.80. The second-order valence-corrected chi connectivity index (χ2v) is 7.55. The Labute approximate surface area is 151 Å². The number of hydrogen-bond donors (Lipinski definition) is 1. The van der Waals surface area contributed by atoms with Gasteiger partial charge in [0.2, 0.25) is 0 Å². The van der Waals surface area contributed by atoms with Crippen LogP contribution in [0.5, 0.6) is 0 Å². The number of aliphatic hydroxyl groups is 1. The van der Waals surface area contributed by atoms with E-state index in [0.29, 0.717) is 12.8 Å². The maximum Gasteiger partial charge on any atom is 0.306 e. The monoisotopic (exact) mass is 365 g/mol. The van der Waals surface area contributed by atoms with Crippen LogP contribution in [-0.2, 0) is 14.3 Å². The fourth-order valence-electron chi connectivity index (χ4n) is 2.53. The number of thioether (sulfide) groups is 1. The first-order valence-corrected chi connectivity index (χ1v) is 9.12. The van der Waals surface area contributed by atoms with Gasteiger partial charge in [-0.05, 0) is 30.0 Å². The van der Waals surface area contributed by atoms with Crippen LogP contribution in [0.25, 0.3) is 10.4 Å². The summed E-state index contributed by atoms with van der Waals surface area (Å²) in [4.78, 5) is 15.6. The minimum atomic E-state index is -1.00. The number of benzene rings is 1. The molecule has 0 bridgehead atoms. The number of ether oxygens (including phenoxy) is 2. The van der Waals surface area contributed by atoms with Crippen LogP contribution in [0.15, 0.2) is 40.3 Å². The first-order valence-electron chi connectivity index (χ1n) is 8.24. The zero-order valence-electron chi connectivity index (χ0n) is 14.3. The summed E-state index contributed by atoms with van der Waals surface area (Å²) >= 11 is 1.49. The van der Waals surface area contributed by atoms with Crippen molar-refractivity contribution in [3.05, 3.63) is 40.8 Å². The summed E-state index contributed by atoms with van der Waals surface area (Å²) in [6.07, 6.45) is -1.02. The topological polar surface area (TPSA) is 105 Å². The second kappa shape index (κ2) is 9.68. The van der Waals surface area contributed by atoms with E-state index in [2.05, 4.69) is 10.0 Å². The van der Waals surface area contributed by atoms with E-state index in [4.69, 9.17) is 15.0 Å². The summed E-state index contributed by atoms with van der Waals surface area (Å²) < 4.78 is 11.1. The van der Waals surface area contributed by atoms with E-state index in [1.54, 1.807) is 0 Å². The molecule has 1 aliphatic heterocycles. The molecule has 2 rings (SSSR count). The molecule has 0 aliphatic carbocycles. The smallest absolute Gasteiger partial charge is 0.306 e. The third-order valence-electron chi connectivity index (χ3n) is 3.73. The first-order chi connectivity index (χ1) is 12.0. The van der Waals surface area contributed by atoms with Crippen molar-refractivity contribution in [2.45, 2.75) is 55.3 Å². The van der Waals surface area contributed by atoms with Crippen molar-refractivity contribution < 1.29 is 19.4 Å². The Balaban J connectivity index is 2.00. The normalized spacial score (nSPS) is 26.1. The highest BCUT2D eigenvalue weighted by atomic mass is 32.2. The lowest BCUT2D eigenvalue weighted by molar-refractivity contribution is -0.159. The number of rotatable bonds is 7. The van der Waals surface area contributed by atoms with Crippen LogP contribution >= 0.6 is 11.8 Å². The lowest BCUT2D eigenvalue weighted by Gasteiger charge is -2.37. The average molecular weight is 365 g/mol. The summed E-state index contributed by atoms with van der Waals surface area (Å²) in [5, 5.41) is 14.0. The summed E-state index contributed by atoms with van der Waals surface area (Å²) in [5.41, 5.74) is 8.43. The van der Waals surface area contributed by atoms with Gasteiger partial charge in [0.25, 0.3) is 0 Å². The molecule has 1 aromatic carbocycles. The Hall–Kier alpha value is -1.73. The zero-order chi connectivity index (χ0) is 18.2. The molecule has 1 aromatic rings. The molecule has 1 N–H and O–H groups in total. The Bertz CT molecular complexity index is 607. The van der Waals surface area contributed by atoms with Crippen LogP contribution in [0.2, 0.25) is 0 Å². The molecule has 1 heterocycles. The predicted molar refractivity (Wildman–Crippen MR) is 94.9 cm³/mol. The van der Waals surface area contributed by atoms with Crippen molar-refractivity contribution in [3.8, 4) is 0 Å². The van der Waals surface area contributed by atoms with Gasteiger partial charge in [0.1, 0.15) is 18.1 Å². The van der Waals surface area contributed by atoms with E-state index >= 15 is 0 Å². The molecule has 1 saturated heterocycles. The number of carbonyl (C=O) groups excluding carboxylic acids is 1. The molecule has 25 heavy (non-hydrogen) atoms. The van der Waals surface area contributed by atoms with Crippen molar-refractivity contribution in [1.82, 2.24) is 0 Å². The fourth-order valence-corrected chi connectivity index (χ4v) is 3.64. The molecule has 7 nitrogen and oxygen atoms in total. The van der Waals surface area contributed by atoms with Crippen LogP contribution in [0.3, 0.4) is 0 Å². The number of aliphatic hydroxyl groups excluding tert-OH is 1. The maximum atomic E-state index is 11.7. The Kier molecular flexibility index (Phi) is 7.58. The van der Waals surface area contributed by atoms with Gasteiger partial charge in [-0.15, -0.1) is 0 Å². The van der Waals surface area contributed by atoms with Crippen molar-refractivity contribution in [3.63, 3.8) is 0 Å². The molecule has 0 radical (unpaired) electrons. The standard InChI is InChI=1S/C17H23N3O4S/c1-11(2)8-15(21)23-10-14-17(22)13(19-20-18)9-16(24-14)25-12-6-4-3-5-7-12/h3-7,11,13-14,16-17,22H,8-10H2,1-2H3/t13-,14-,16-,17-/m1/s1. The van der Waals surface area contributed by atoms with Crippen LogP contribution in [-0.4, -0.2) is 41.4 Å². The largest absolute Gasteiger partial charge is 0.463 e. The van der Waals surface area contributed by atoms with E-state index in [9.17, 15) is 9.90 Å². The number of esters is 1. The van der Waals surface area contributed by atoms with Crippen molar-refractivity contribution >= 4 is 17.7 Å². The third kappa shape index (κ3) is 6.25. The molecule has 0 unspecified atom stereocenters. The molecular weight excluding hydrogens is 342 g/mol. The van der Waals surface area contributed by atoms with Gasteiger partial charge < -0.3 is 14.6 Å². The highest BCUT2D eigenvalue weighted by Gasteiger charge is 2.38. The van der Waals surface area contributed by atoms with Crippen LogP contribution in [0.4, 0.5) is 0 Å². The van der Waals surface area contributed by atoms with E-state index < -0.39 is 18.2 Å². The fraction of sp³-hybridized carbons (Fsp3) is 0.588. The van der Waals surface area contributed by atoms with Crippen molar-refractivity contribution in [2.24, 2.45) is 11.0 Å². The van der Waals surface area contributed by atoms with Gasteiger partial charge >= 0.3 is 5.97 Å². The lowest BCUT2D eigenvalue weighted by Crippen LogP contribution is -2.48. The number of azide groups is 1. The van der Waals surface area contributed by atoms with Gasteiger partial charge in [-0.1, -0.05) is 48.9 Å². The molecule has 1 aliphatic rings. The highest BCUT2D eigenvalue weighted by molar-refractivity contribution is 7.99. The Morgan fingerprint density at radius 2 is 2.20 bits per heavy atom. The molecular formula is C17H23N3O4S. The summed E-state index contributed by atoms with van der Waals surface area (Å²) in [5.74, 6) is -0.133. The molecule has 0 spiro atoms. The van der Waals surface area contributed by atoms with Crippen molar-refractivity contribution in [2.75, 3.05) is 6.61 Å². The number of hydrogen-bond acceptors (Lipinski definition) is 6. The van der Waals surface area contributed by atoms with E-state index in [1.807, 2.05) is 44.2 Å². The quantitative estimate of drug-likeness (QED) is 0.344. The van der Waals surface area contributed by atoms with Gasteiger partial charge in [0.15, 0.2) is 0 Å². The minimum Gasteiger partial charge on any atom is -0.463 e. The molecule has 0 aromatic heterocycles. The third-order valence-corrected chi connectivity index (χ3v) is 4.84. The number of nitrogens with zero attached hydrogens (tertiary/aromatic N) is 3. The Morgan fingerprint density at radius 1 is 1.48 bits per heavy atom. The molecule has 8 heteroatoms. The van der Waals surface area contributed by atoms with Gasteiger partial charge in [0.05, 0.1) is 12.1 Å². The van der Waals surface area contributed by atoms with Crippen LogP contribution in [0, 0.1) is 5.92 Å². The van der Waals surface area contributed by atoms with Gasteiger partial charge in [0, 0.05) is 16.2 Å². The average Bonchev–Trinajstić information content (AvgIpc) is 2.57. The zero-order valence-corrected chi connectivity index (χ0v) is 15.1. The first kappa shape index (κ1) is 19.6. The Morgan fingerprint density at radius 3 is 2.84 bits per heavy atom. The lowest BCUT2D eigenvalue weighted by atomic mass is 10.0. The molecule has 0 saturated carbocycles.